The summed E-state index contributed by atoms with van der Waals surface area (Å²) < 4.78 is 20.5. The van der Waals surface area contributed by atoms with E-state index in [-0.39, 0.29) is 24.0 Å². The Morgan fingerprint density at radius 2 is 1.25 bits per heavy atom. The van der Waals surface area contributed by atoms with Gasteiger partial charge in [-0.15, -0.1) is 0 Å². The lowest BCUT2D eigenvalue weighted by molar-refractivity contribution is -0.360. The zero-order valence-corrected chi connectivity index (χ0v) is 9.87. The summed E-state index contributed by atoms with van der Waals surface area (Å²) in [6.07, 6.45) is 0. The summed E-state index contributed by atoms with van der Waals surface area (Å²) in [6, 6.07) is 0. The third kappa shape index (κ3) is 5.28. The van der Waals surface area contributed by atoms with Crippen LogP contribution in [0.4, 0.5) is 0 Å². The van der Waals surface area contributed by atoms with Crippen molar-refractivity contribution < 1.29 is 23.7 Å². The molecule has 0 spiro atoms. The Morgan fingerprint density at radius 3 is 1.50 bits per heavy atom. The SMILES string of the molecule is CCOC(=O)C(OCC)(OCC)OCC.[AlH3]. The molecule has 0 heterocycles. The highest BCUT2D eigenvalue weighted by molar-refractivity contribution is 5.76. The van der Waals surface area contributed by atoms with Crippen LogP contribution >= 0.6 is 0 Å². The highest BCUT2D eigenvalue weighted by atomic mass is 27.0. The van der Waals surface area contributed by atoms with Crippen molar-refractivity contribution in [1.82, 2.24) is 0 Å². The second-order valence-corrected chi connectivity index (χ2v) is 2.58. The van der Waals surface area contributed by atoms with Crippen molar-refractivity contribution in [1.29, 1.82) is 0 Å². The molecule has 0 atom stereocenters. The normalized spacial score (nSPS) is 10.8. The summed E-state index contributed by atoms with van der Waals surface area (Å²) in [5.41, 5.74) is 0. The average molecular weight is 250 g/mol. The second kappa shape index (κ2) is 10.1. The minimum Gasteiger partial charge on any atom is -0.460 e. The van der Waals surface area contributed by atoms with E-state index >= 15 is 0 Å². The molecule has 0 aliphatic heterocycles. The Morgan fingerprint density at radius 1 is 0.875 bits per heavy atom. The number of carbonyl (C=O) groups is 1. The Bertz CT molecular complexity index is 169. The monoisotopic (exact) mass is 250 g/mol. The van der Waals surface area contributed by atoms with Gasteiger partial charge in [0.1, 0.15) is 0 Å². The number of carbonyl (C=O) groups excluding carboxylic acids is 1. The van der Waals surface area contributed by atoms with Crippen molar-refractivity contribution in [3.63, 3.8) is 0 Å². The van der Waals surface area contributed by atoms with Crippen molar-refractivity contribution in [3.8, 4) is 0 Å². The first-order valence-corrected chi connectivity index (χ1v) is 5.25. The molecule has 0 unspecified atom stereocenters. The standard InChI is InChI=1S/C10H20O5.Al.3H/c1-5-12-9(11)10(13-6-2,14-7-3)15-8-4;;;;/h5-8H2,1-4H3;;;;. The Balaban J connectivity index is 0. The van der Waals surface area contributed by atoms with Crippen molar-refractivity contribution in [2.24, 2.45) is 0 Å². The second-order valence-electron chi connectivity index (χ2n) is 2.58. The molecule has 0 aromatic carbocycles. The van der Waals surface area contributed by atoms with Gasteiger partial charge in [-0.3, -0.25) is 0 Å². The van der Waals surface area contributed by atoms with Crippen LogP contribution in [0.25, 0.3) is 0 Å². The summed E-state index contributed by atoms with van der Waals surface area (Å²) >= 11 is 0. The number of hydrogen-bond donors (Lipinski definition) is 0. The zero-order chi connectivity index (χ0) is 11.7. The number of rotatable bonds is 8. The van der Waals surface area contributed by atoms with E-state index in [0.717, 1.165) is 0 Å². The molecule has 0 N–H and O–H groups in total. The fraction of sp³-hybridized carbons (Fsp3) is 0.900. The molecule has 0 aliphatic rings. The van der Waals surface area contributed by atoms with Crippen LogP contribution in [0, 0.1) is 0 Å². The van der Waals surface area contributed by atoms with Crippen LogP contribution in [-0.2, 0) is 23.7 Å². The molecule has 0 aromatic rings. The van der Waals surface area contributed by atoms with E-state index in [9.17, 15) is 4.79 Å². The molecule has 96 valence electrons. The van der Waals surface area contributed by atoms with Gasteiger partial charge in [0, 0.05) is 0 Å². The van der Waals surface area contributed by atoms with Crippen molar-refractivity contribution in [3.05, 3.63) is 0 Å². The van der Waals surface area contributed by atoms with Crippen LogP contribution in [0.1, 0.15) is 27.7 Å². The van der Waals surface area contributed by atoms with E-state index in [1.165, 1.54) is 0 Å². The van der Waals surface area contributed by atoms with Gasteiger partial charge < -0.3 is 18.9 Å². The van der Waals surface area contributed by atoms with Crippen LogP contribution < -0.4 is 0 Å². The lowest BCUT2D eigenvalue weighted by Gasteiger charge is -2.29. The summed E-state index contributed by atoms with van der Waals surface area (Å²) in [4.78, 5) is 11.6. The molecule has 0 bridgehead atoms. The fourth-order valence-corrected chi connectivity index (χ4v) is 1.09. The van der Waals surface area contributed by atoms with Crippen molar-refractivity contribution in [2.75, 3.05) is 26.4 Å². The minimum absolute atomic E-state index is 0. The lowest BCUT2D eigenvalue weighted by atomic mass is 10.5. The summed E-state index contributed by atoms with van der Waals surface area (Å²) in [6.45, 7) is 8.15. The van der Waals surface area contributed by atoms with E-state index in [4.69, 9.17) is 18.9 Å². The number of esters is 1. The molecule has 0 fully saturated rings. The molecular formula is C10H23AlO5. The van der Waals surface area contributed by atoms with Gasteiger partial charge in [0.2, 0.25) is 0 Å². The third-order valence-electron chi connectivity index (χ3n) is 1.53. The Kier molecular flexibility index (Phi) is 11.5. The maximum absolute atomic E-state index is 11.6. The molecule has 0 amide bonds. The van der Waals surface area contributed by atoms with Crippen molar-refractivity contribution >= 4 is 23.3 Å². The highest BCUT2D eigenvalue weighted by Crippen LogP contribution is 2.17. The fourth-order valence-electron chi connectivity index (χ4n) is 1.09. The van der Waals surface area contributed by atoms with Crippen LogP contribution in [0.5, 0.6) is 0 Å². The third-order valence-corrected chi connectivity index (χ3v) is 1.53. The topological polar surface area (TPSA) is 54.0 Å². The Hall–Kier alpha value is -0.118. The minimum atomic E-state index is -1.70. The van der Waals surface area contributed by atoms with Gasteiger partial charge in [-0.25, -0.2) is 4.79 Å². The maximum atomic E-state index is 11.6. The molecule has 0 rings (SSSR count). The molecule has 5 nitrogen and oxygen atoms in total. The van der Waals surface area contributed by atoms with E-state index in [0.29, 0.717) is 19.8 Å². The van der Waals surface area contributed by atoms with Gasteiger partial charge >= 0.3 is 11.9 Å². The van der Waals surface area contributed by atoms with E-state index in [1.807, 2.05) is 0 Å². The summed E-state index contributed by atoms with van der Waals surface area (Å²) in [7, 11) is 0. The van der Waals surface area contributed by atoms with Crippen LogP contribution in [0.15, 0.2) is 0 Å². The van der Waals surface area contributed by atoms with Gasteiger partial charge in [0.05, 0.1) is 26.4 Å². The predicted octanol–water partition coefficient (Wildman–Crippen LogP) is 0.129. The van der Waals surface area contributed by atoms with Gasteiger partial charge in [-0.1, -0.05) is 0 Å². The van der Waals surface area contributed by atoms with Crippen LogP contribution in [0.2, 0.25) is 0 Å². The predicted molar refractivity (Wildman–Crippen MR) is 64.2 cm³/mol. The average Bonchev–Trinajstić information content (AvgIpc) is 2.19. The largest absolute Gasteiger partial charge is 0.460 e. The Labute approximate surface area is 108 Å². The molecule has 0 radical (unpaired) electrons. The molecule has 16 heavy (non-hydrogen) atoms. The van der Waals surface area contributed by atoms with Crippen LogP contribution in [0.3, 0.4) is 0 Å². The van der Waals surface area contributed by atoms with Gasteiger partial charge in [-0.05, 0) is 27.7 Å². The van der Waals surface area contributed by atoms with E-state index in [1.54, 1.807) is 27.7 Å². The van der Waals surface area contributed by atoms with E-state index in [2.05, 4.69) is 0 Å². The van der Waals surface area contributed by atoms with Crippen molar-refractivity contribution in [2.45, 2.75) is 33.7 Å². The molecule has 0 aromatic heterocycles. The molecule has 0 saturated carbocycles. The number of ether oxygens (including phenoxy) is 4. The quantitative estimate of drug-likeness (QED) is 0.348. The van der Waals surface area contributed by atoms with Gasteiger partial charge in [0.15, 0.2) is 17.4 Å². The maximum Gasteiger partial charge on any atom is 0.398 e. The summed E-state index contributed by atoms with van der Waals surface area (Å²) in [5, 5.41) is 0. The van der Waals surface area contributed by atoms with Gasteiger partial charge in [0.25, 0.3) is 0 Å². The van der Waals surface area contributed by atoms with Crippen LogP contribution in [-0.4, -0.2) is 55.7 Å². The molecular weight excluding hydrogens is 227 g/mol. The molecule has 0 saturated heterocycles. The van der Waals surface area contributed by atoms with Gasteiger partial charge in [-0.2, -0.15) is 0 Å². The molecule has 6 heteroatoms. The first-order chi connectivity index (χ1) is 7.16. The summed E-state index contributed by atoms with van der Waals surface area (Å²) in [5.74, 6) is -2.34. The smallest absolute Gasteiger partial charge is 0.398 e. The first-order valence-electron chi connectivity index (χ1n) is 5.25. The van der Waals surface area contributed by atoms with E-state index < -0.39 is 11.9 Å². The zero-order valence-electron chi connectivity index (χ0n) is 9.87. The highest BCUT2D eigenvalue weighted by Gasteiger charge is 2.43. The number of hydrogen-bond acceptors (Lipinski definition) is 5. The molecule has 0 aliphatic carbocycles. The lowest BCUT2D eigenvalue weighted by Crippen LogP contribution is -2.48. The first kappa shape index (κ1) is 18.3.